The summed E-state index contributed by atoms with van der Waals surface area (Å²) in [5, 5.41) is 13.8. The van der Waals surface area contributed by atoms with Gasteiger partial charge in [-0.15, -0.1) is 0 Å². The Morgan fingerprint density at radius 1 is 1.50 bits per heavy atom. The lowest BCUT2D eigenvalue weighted by Crippen LogP contribution is -2.34. The van der Waals surface area contributed by atoms with Crippen molar-refractivity contribution in [1.82, 2.24) is 9.97 Å². The highest BCUT2D eigenvalue weighted by Gasteiger charge is 2.25. The molecule has 7 nitrogen and oxygen atoms in total. The number of nitrogens with zero attached hydrogens (tertiary/aromatic N) is 4. The third-order valence-corrected chi connectivity index (χ3v) is 3.25. The standard InChI is InChI=1S/C11H17N5O2/c1-8-3-5-15(6-4-8)10-9(16(17)18)7-13-11(12-2)14-10/h7-8H,3-6H2,1-2H3,(H,12,13,14). The highest BCUT2D eigenvalue weighted by Crippen LogP contribution is 2.29. The molecule has 98 valence electrons. The Morgan fingerprint density at radius 3 is 2.72 bits per heavy atom. The van der Waals surface area contributed by atoms with Crippen LogP contribution in [0.5, 0.6) is 0 Å². The van der Waals surface area contributed by atoms with E-state index in [4.69, 9.17) is 0 Å². The van der Waals surface area contributed by atoms with Crippen LogP contribution in [0.2, 0.25) is 0 Å². The van der Waals surface area contributed by atoms with Crippen molar-refractivity contribution < 1.29 is 4.92 Å². The summed E-state index contributed by atoms with van der Waals surface area (Å²) in [5.74, 6) is 1.51. The quantitative estimate of drug-likeness (QED) is 0.649. The molecule has 1 saturated heterocycles. The molecule has 0 atom stereocenters. The van der Waals surface area contributed by atoms with E-state index in [-0.39, 0.29) is 5.69 Å². The van der Waals surface area contributed by atoms with E-state index >= 15 is 0 Å². The predicted molar refractivity (Wildman–Crippen MR) is 68.8 cm³/mol. The molecule has 1 aromatic heterocycles. The lowest BCUT2D eigenvalue weighted by molar-refractivity contribution is -0.384. The van der Waals surface area contributed by atoms with Gasteiger partial charge in [-0.25, -0.2) is 4.98 Å². The maximum Gasteiger partial charge on any atom is 0.329 e. The molecular weight excluding hydrogens is 234 g/mol. The number of rotatable bonds is 3. The van der Waals surface area contributed by atoms with Gasteiger partial charge >= 0.3 is 5.69 Å². The van der Waals surface area contributed by atoms with E-state index in [1.807, 2.05) is 4.90 Å². The molecule has 18 heavy (non-hydrogen) atoms. The largest absolute Gasteiger partial charge is 0.357 e. The smallest absolute Gasteiger partial charge is 0.329 e. The molecule has 0 unspecified atom stereocenters. The zero-order valence-corrected chi connectivity index (χ0v) is 10.6. The molecule has 1 aliphatic rings. The van der Waals surface area contributed by atoms with Gasteiger partial charge in [0.05, 0.1) is 4.92 Å². The number of hydrogen-bond donors (Lipinski definition) is 1. The number of aromatic nitrogens is 2. The van der Waals surface area contributed by atoms with Crippen molar-refractivity contribution >= 4 is 17.5 Å². The summed E-state index contributed by atoms with van der Waals surface area (Å²) < 4.78 is 0. The van der Waals surface area contributed by atoms with Crippen LogP contribution < -0.4 is 10.2 Å². The van der Waals surface area contributed by atoms with Gasteiger partial charge in [-0.2, -0.15) is 4.98 Å². The molecule has 0 bridgehead atoms. The Hall–Kier alpha value is -1.92. The van der Waals surface area contributed by atoms with Crippen molar-refractivity contribution in [3.8, 4) is 0 Å². The fourth-order valence-corrected chi connectivity index (χ4v) is 2.07. The van der Waals surface area contributed by atoms with Crippen LogP contribution in [-0.2, 0) is 0 Å². The van der Waals surface area contributed by atoms with Gasteiger partial charge in [-0.05, 0) is 18.8 Å². The zero-order valence-electron chi connectivity index (χ0n) is 10.6. The van der Waals surface area contributed by atoms with Crippen molar-refractivity contribution in [3.05, 3.63) is 16.3 Å². The molecule has 2 rings (SSSR count). The second-order valence-corrected chi connectivity index (χ2v) is 4.58. The van der Waals surface area contributed by atoms with Gasteiger partial charge in [0.1, 0.15) is 6.20 Å². The average Bonchev–Trinajstić information content (AvgIpc) is 2.38. The molecule has 1 N–H and O–H groups in total. The van der Waals surface area contributed by atoms with Gasteiger partial charge in [0, 0.05) is 20.1 Å². The van der Waals surface area contributed by atoms with E-state index in [9.17, 15) is 10.1 Å². The minimum atomic E-state index is -0.424. The molecule has 1 fully saturated rings. The number of hydrogen-bond acceptors (Lipinski definition) is 6. The molecule has 1 aromatic rings. The highest BCUT2D eigenvalue weighted by molar-refractivity contribution is 5.59. The number of piperidine rings is 1. The van der Waals surface area contributed by atoms with Crippen LogP contribution in [0.3, 0.4) is 0 Å². The minimum Gasteiger partial charge on any atom is -0.357 e. The molecule has 7 heteroatoms. The first-order valence-corrected chi connectivity index (χ1v) is 6.06. The SMILES string of the molecule is CNc1ncc([N+](=O)[O-])c(N2CCC(C)CC2)n1. The normalized spacial score (nSPS) is 16.7. The van der Waals surface area contributed by atoms with Crippen LogP contribution in [-0.4, -0.2) is 35.0 Å². The molecule has 0 aromatic carbocycles. The first-order valence-electron chi connectivity index (χ1n) is 6.06. The summed E-state index contributed by atoms with van der Waals surface area (Å²) in [5.41, 5.74) is -0.0245. The summed E-state index contributed by atoms with van der Waals surface area (Å²) in [6.07, 6.45) is 3.35. The van der Waals surface area contributed by atoms with Gasteiger partial charge in [0.15, 0.2) is 0 Å². The second kappa shape index (κ2) is 5.16. The van der Waals surface area contributed by atoms with Crippen LogP contribution in [0.1, 0.15) is 19.8 Å². The van der Waals surface area contributed by atoms with Gasteiger partial charge in [0.25, 0.3) is 0 Å². The number of anilines is 2. The Labute approximate surface area is 105 Å². The first-order chi connectivity index (χ1) is 8.61. The summed E-state index contributed by atoms with van der Waals surface area (Å²) in [4.78, 5) is 20.7. The molecule has 1 aliphatic heterocycles. The summed E-state index contributed by atoms with van der Waals surface area (Å²) in [6, 6.07) is 0. The third kappa shape index (κ3) is 2.49. The Bertz CT molecular complexity index is 443. The summed E-state index contributed by atoms with van der Waals surface area (Å²) >= 11 is 0. The molecule has 0 radical (unpaired) electrons. The van der Waals surface area contributed by atoms with Crippen molar-refractivity contribution in [2.45, 2.75) is 19.8 Å². The van der Waals surface area contributed by atoms with Crippen LogP contribution in [0.4, 0.5) is 17.5 Å². The van der Waals surface area contributed by atoms with Gasteiger partial charge < -0.3 is 10.2 Å². The maximum absolute atomic E-state index is 11.0. The van der Waals surface area contributed by atoms with Crippen molar-refractivity contribution in [3.63, 3.8) is 0 Å². The van der Waals surface area contributed by atoms with E-state index in [0.717, 1.165) is 25.9 Å². The first kappa shape index (κ1) is 12.5. The van der Waals surface area contributed by atoms with Crippen LogP contribution in [0, 0.1) is 16.0 Å². The van der Waals surface area contributed by atoms with Crippen LogP contribution >= 0.6 is 0 Å². The average molecular weight is 251 g/mol. The lowest BCUT2D eigenvalue weighted by Gasteiger charge is -2.30. The molecule has 0 spiro atoms. The van der Waals surface area contributed by atoms with Gasteiger partial charge in [-0.3, -0.25) is 10.1 Å². The van der Waals surface area contributed by atoms with Crippen molar-refractivity contribution in [2.75, 3.05) is 30.4 Å². The van der Waals surface area contributed by atoms with Crippen molar-refractivity contribution in [2.24, 2.45) is 5.92 Å². The van der Waals surface area contributed by atoms with E-state index in [0.29, 0.717) is 17.7 Å². The van der Waals surface area contributed by atoms with E-state index < -0.39 is 4.92 Å². The van der Waals surface area contributed by atoms with E-state index in [1.54, 1.807) is 7.05 Å². The third-order valence-electron chi connectivity index (χ3n) is 3.25. The van der Waals surface area contributed by atoms with E-state index in [1.165, 1.54) is 6.20 Å². The summed E-state index contributed by atoms with van der Waals surface area (Å²) in [6.45, 7) is 3.81. The highest BCUT2D eigenvalue weighted by atomic mass is 16.6. The Morgan fingerprint density at radius 2 is 2.17 bits per heavy atom. The van der Waals surface area contributed by atoms with Gasteiger partial charge in [-0.1, -0.05) is 6.92 Å². The van der Waals surface area contributed by atoms with Gasteiger partial charge in [0.2, 0.25) is 11.8 Å². The topological polar surface area (TPSA) is 84.2 Å². The Balaban J connectivity index is 2.31. The second-order valence-electron chi connectivity index (χ2n) is 4.58. The molecule has 0 saturated carbocycles. The number of nitro groups is 1. The zero-order chi connectivity index (χ0) is 13.1. The number of nitrogens with one attached hydrogen (secondary N) is 1. The Kier molecular flexibility index (Phi) is 3.59. The minimum absolute atomic E-state index is 0.0245. The molecule has 0 aliphatic carbocycles. The lowest BCUT2D eigenvalue weighted by atomic mass is 9.99. The maximum atomic E-state index is 11.0. The van der Waals surface area contributed by atoms with Crippen LogP contribution in [0.25, 0.3) is 0 Å². The molecule has 0 amide bonds. The monoisotopic (exact) mass is 251 g/mol. The van der Waals surface area contributed by atoms with E-state index in [2.05, 4.69) is 22.2 Å². The molecule has 2 heterocycles. The fourth-order valence-electron chi connectivity index (χ4n) is 2.07. The van der Waals surface area contributed by atoms with Crippen LogP contribution in [0.15, 0.2) is 6.20 Å². The predicted octanol–water partition coefficient (Wildman–Crippen LogP) is 1.66. The van der Waals surface area contributed by atoms with Crippen molar-refractivity contribution in [1.29, 1.82) is 0 Å². The fraction of sp³-hybridized carbons (Fsp3) is 0.636. The molecular formula is C11H17N5O2. The summed E-state index contributed by atoms with van der Waals surface area (Å²) in [7, 11) is 1.70.